The van der Waals surface area contributed by atoms with E-state index in [1.54, 1.807) is 31.4 Å². The molecule has 1 amide bonds. The lowest BCUT2D eigenvalue weighted by Gasteiger charge is -2.11. The molecule has 6 nitrogen and oxygen atoms in total. The molecule has 1 aliphatic rings. The van der Waals surface area contributed by atoms with Crippen LogP contribution in [0.25, 0.3) is 6.08 Å². The fourth-order valence-electron chi connectivity index (χ4n) is 2.15. The minimum atomic E-state index is -1.10. The Labute approximate surface area is 155 Å². The molecule has 1 aromatic carbocycles. The van der Waals surface area contributed by atoms with Crippen LogP contribution >= 0.6 is 24.0 Å². The molecule has 0 atom stereocenters. The van der Waals surface area contributed by atoms with E-state index in [-0.39, 0.29) is 4.32 Å². The Morgan fingerprint density at radius 2 is 2.16 bits per heavy atom. The van der Waals surface area contributed by atoms with E-state index in [4.69, 9.17) is 26.8 Å². The maximum absolute atomic E-state index is 12.3. The predicted molar refractivity (Wildman–Crippen MR) is 101 cm³/mol. The molecule has 8 heteroatoms. The summed E-state index contributed by atoms with van der Waals surface area (Å²) in [6, 6.07) is 5.36. The molecule has 1 N–H and O–H groups in total. The van der Waals surface area contributed by atoms with Crippen LogP contribution in [-0.4, -0.2) is 46.5 Å². The van der Waals surface area contributed by atoms with Crippen molar-refractivity contribution in [1.82, 2.24) is 4.90 Å². The lowest BCUT2D eigenvalue weighted by atomic mass is 10.2. The maximum Gasteiger partial charge on any atom is 0.323 e. The van der Waals surface area contributed by atoms with Crippen LogP contribution in [0.4, 0.5) is 0 Å². The molecule has 0 spiro atoms. The Balaban J connectivity index is 2.22. The number of unbranched alkanes of at least 4 members (excludes halogenated alkanes) is 1. The zero-order valence-corrected chi connectivity index (χ0v) is 15.6. The number of hydrogen-bond donors (Lipinski definition) is 1. The Morgan fingerprint density at radius 3 is 2.80 bits per heavy atom. The van der Waals surface area contributed by atoms with Gasteiger partial charge in [-0.25, -0.2) is 0 Å². The smallest absolute Gasteiger partial charge is 0.323 e. The second-order valence-corrected chi connectivity index (χ2v) is 6.95. The number of amides is 1. The molecule has 0 saturated carbocycles. The standard InChI is InChI=1S/C17H19NO5S2/c1-3-4-7-23-13-8-11(5-6-12(13)22-2)9-14-16(21)18(10-15(19)20)17(24)25-14/h5-6,8-9H,3-4,7,10H2,1-2H3,(H,19,20)/b14-9-. The quantitative estimate of drug-likeness (QED) is 0.421. The van der Waals surface area contributed by atoms with E-state index in [1.165, 1.54) is 0 Å². The molecule has 1 aromatic rings. The van der Waals surface area contributed by atoms with Gasteiger partial charge in [0.05, 0.1) is 18.6 Å². The van der Waals surface area contributed by atoms with Crippen LogP contribution in [0, 0.1) is 0 Å². The minimum Gasteiger partial charge on any atom is -0.493 e. The van der Waals surface area contributed by atoms with Gasteiger partial charge in [-0.1, -0.05) is 43.4 Å². The van der Waals surface area contributed by atoms with Crippen molar-refractivity contribution >= 4 is 46.3 Å². The molecule has 0 aliphatic carbocycles. The molecular weight excluding hydrogens is 362 g/mol. The monoisotopic (exact) mass is 381 g/mol. The second-order valence-electron chi connectivity index (χ2n) is 5.27. The molecule has 0 bridgehead atoms. The van der Waals surface area contributed by atoms with Gasteiger partial charge in [0.2, 0.25) is 0 Å². The van der Waals surface area contributed by atoms with Crippen LogP contribution < -0.4 is 9.47 Å². The number of carboxylic acid groups (broad SMARTS) is 1. The highest BCUT2D eigenvalue weighted by atomic mass is 32.2. The number of hydrogen-bond acceptors (Lipinski definition) is 6. The molecule has 0 aromatic heterocycles. The van der Waals surface area contributed by atoms with Gasteiger partial charge in [0.25, 0.3) is 5.91 Å². The lowest BCUT2D eigenvalue weighted by molar-refractivity contribution is -0.140. The number of carbonyl (C=O) groups excluding carboxylic acids is 1. The average molecular weight is 381 g/mol. The third-order valence-electron chi connectivity index (χ3n) is 3.41. The summed E-state index contributed by atoms with van der Waals surface area (Å²) in [5.74, 6) is -0.285. The number of thiocarbonyl (C=S) groups is 1. The van der Waals surface area contributed by atoms with Crippen molar-refractivity contribution in [3.63, 3.8) is 0 Å². The molecule has 1 heterocycles. The summed E-state index contributed by atoms with van der Waals surface area (Å²) in [5.41, 5.74) is 0.753. The Morgan fingerprint density at radius 1 is 1.40 bits per heavy atom. The van der Waals surface area contributed by atoms with Gasteiger partial charge < -0.3 is 14.6 Å². The number of rotatable bonds is 8. The van der Waals surface area contributed by atoms with Crippen LogP contribution in [0.5, 0.6) is 11.5 Å². The van der Waals surface area contributed by atoms with Gasteiger partial charge in [-0.05, 0) is 30.2 Å². The first-order valence-corrected chi connectivity index (χ1v) is 8.96. The minimum absolute atomic E-state index is 0.242. The Hall–Kier alpha value is -2.06. The van der Waals surface area contributed by atoms with Crippen LogP contribution in [0.1, 0.15) is 25.3 Å². The van der Waals surface area contributed by atoms with Crippen LogP contribution in [0.15, 0.2) is 23.1 Å². The summed E-state index contributed by atoms with van der Waals surface area (Å²) in [7, 11) is 1.57. The molecule has 25 heavy (non-hydrogen) atoms. The van der Waals surface area contributed by atoms with E-state index in [0.29, 0.717) is 23.0 Å². The van der Waals surface area contributed by atoms with Gasteiger partial charge in [-0.3, -0.25) is 14.5 Å². The highest BCUT2D eigenvalue weighted by Crippen LogP contribution is 2.34. The van der Waals surface area contributed by atoms with E-state index in [1.807, 2.05) is 0 Å². The summed E-state index contributed by atoms with van der Waals surface area (Å²) in [6.45, 7) is 2.23. The summed E-state index contributed by atoms with van der Waals surface area (Å²) in [5, 5.41) is 8.87. The number of aliphatic carboxylic acids is 1. The third kappa shape index (κ3) is 4.96. The number of benzene rings is 1. The molecule has 1 fully saturated rings. The number of carboxylic acids is 1. The SMILES string of the molecule is CCCCOc1cc(/C=C2\SC(=S)N(CC(=O)O)C2=O)ccc1OC. The molecule has 0 unspecified atom stereocenters. The average Bonchev–Trinajstić information content (AvgIpc) is 2.82. The van der Waals surface area contributed by atoms with Crippen LogP contribution in [0.3, 0.4) is 0 Å². The normalized spacial score (nSPS) is 15.8. The number of thioether (sulfide) groups is 1. The first kappa shape index (κ1) is 19.3. The highest BCUT2D eigenvalue weighted by molar-refractivity contribution is 8.26. The maximum atomic E-state index is 12.3. The van der Waals surface area contributed by atoms with Gasteiger partial charge in [-0.2, -0.15) is 0 Å². The van der Waals surface area contributed by atoms with Gasteiger partial charge in [0.1, 0.15) is 10.9 Å². The second kappa shape index (κ2) is 8.87. The number of carbonyl (C=O) groups is 2. The summed E-state index contributed by atoms with van der Waals surface area (Å²) < 4.78 is 11.3. The van der Waals surface area contributed by atoms with Gasteiger partial charge >= 0.3 is 5.97 Å². The van der Waals surface area contributed by atoms with Crippen molar-refractivity contribution in [2.24, 2.45) is 0 Å². The predicted octanol–water partition coefficient (Wildman–Crippen LogP) is 3.16. The van der Waals surface area contributed by atoms with Crippen molar-refractivity contribution in [3.8, 4) is 11.5 Å². The Kier molecular flexibility index (Phi) is 6.83. The van der Waals surface area contributed by atoms with Crippen LogP contribution in [-0.2, 0) is 9.59 Å². The third-order valence-corrected chi connectivity index (χ3v) is 4.79. The molecular formula is C17H19NO5S2. The molecule has 1 aliphatic heterocycles. The number of nitrogens with zero attached hydrogens (tertiary/aromatic N) is 1. The number of ether oxygens (including phenoxy) is 2. The van der Waals surface area contributed by atoms with E-state index in [9.17, 15) is 9.59 Å². The van der Waals surface area contributed by atoms with Crippen molar-refractivity contribution < 1.29 is 24.2 Å². The largest absolute Gasteiger partial charge is 0.493 e. The molecule has 2 rings (SSSR count). The van der Waals surface area contributed by atoms with Crippen molar-refractivity contribution in [2.75, 3.05) is 20.3 Å². The van der Waals surface area contributed by atoms with E-state index in [0.717, 1.165) is 35.1 Å². The molecule has 134 valence electrons. The topological polar surface area (TPSA) is 76.1 Å². The van der Waals surface area contributed by atoms with Gasteiger partial charge in [0, 0.05) is 0 Å². The van der Waals surface area contributed by atoms with Gasteiger partial charge in [0.15, 0.2) is 11.5 Å². The first-order valence-electron chi connectivity index (χ1n) is 7.74. The van der Waals surface area contributed by atoms with Crippen molar-refractivity contribution in [2.45, 2.75) is 19.8 Å². The van der Waals surface area contributed by atoms with E-state index >= 15 is 0 Å². The zero-order valence-electron chi connectivity index (χ0n) is 14.0. The first-order chi connectivity index (χ1) is 12.0. The lowest BCUT2D eigenvalue weighted by Crippen LogP contribution is -2.33. The van der Waals surface area contributed by atoms with Crippen molar-refractivity contribution in [1.29, 1.82) is 0 Å². The fourth-order valence-corrected chi connectivity index (χ4v) is 3.40. The van der Waals surface area contributed by atoms with Gasteiger partial charge in [-0.15, -0.1) is 0 Å². The molecule has 1 saturated heterocycles. The van der Waals surface area contributed by atoms with Crippen molar-refractivity contribution in [3.05, 3.63) is 28.7 Å². The number of methoxy groups -OCH3 is 1. The summed E-state index contributed by atoms with van der Waals surface area (Å²) in [6.07, 6.45) is 3.63. The fraction of sp³-hybridized carbons (Fsp3) is 0.353. The molecule has 0 radical (unpaired) electrons. The van der Waals surface area contributed by atoms with Crippen LogP contribution in [0.2, 0.25) is 0 Å². The van der Waals surface area contributed by atoms with E-state index in [2.05, 4.69) is 6.92 Å². The summed E-state index contributed by atoms with van der Waals surface area (Å²) in [4.78, 5) is 24.6. The Bertz CT molecular complexity index is 717. The zero-order chi connectivity index (χ0) is 18.4. The van der Waals surface area contributed by atoms with E-state index < -0.39 is 18.4 Å². The summed E-state index contributed by atoms with van der Waals surface area (Å²) >= 11 is 6.17. The highest BCUT2D eigenvalue weighted by Gasteiger charge is 2.33.